The second kappa shape index (κ2) is 4.92. The molecule has 0 atom stereocenters. The Morgan fingerprint density at radius 2 is 1.87 bits per heavy atom. The van der Waals surface area contributed by atoms with E-state index in [1.807, 2.05) is 0 Å². The molecule has 0 amide bonds. The van der Waals surface area contributed by atoms with Crippen molar-refractivity contribution in [1.29, 1.82) is 0 Å². The minimum absolute atomic E-state index is 0.112. The summed E-state index contributed by atoms with van der Waals surface area (Å²) in [5, 5.41) is -0.390. The van der Waals surface area contributed by atoms with E-state index in [9.17, 15) is 17.2 Å². The van der Waals surface area contributed by atoms with Gasteiger partial charge in [0.05, 0.1) is 9.13 Å². The summed E-state index contributed by atoms with van der Waals surface area (Å²) in [4.78, 5) is 3.42. The zero-order valence-corrected chi connectivity index (χ0v) is 12.6. The number of nitrogens with zero attached hydrogens (tertiary/aromatic N) is 1. The lowest BCUT2D eigenvalue weighted by molar-refractivity contribution is 0.149. The van der Waals surface area contributed by atoms with E-state index < -0.39 is 20.5 Å². The fourth-order valence-corrected chi connectivity index (χ4v) is 4.15. The van der Waals surface area contributed by atoms with E-state index in [4.69, 9.17) is 10.7 Å². The minimum atomic E-state index is -3.99. The predicted octanol–water partition coefficient (Wildman–Crippen LogP) is 3.16. The zero-order chi connectivity index (χ0) is 11.8. The van der Waals surface area contributed by atoms with Gasteiger partial charge in [0.1, 0.15) is 0 Å². The van der Waals surface area contributed by atoms with E-state index in [1.54, 1.807) is 45.2 Å². The number of hydrogen-bond donors (Lipinski definition) is 0. The Hall–Kier alpha value is 0.710. The summed E-state index contributed by atoms with van der Waals surface area (Å²) in [6.07, 6.45) is -1.87. The van der Waals surface area contributed by atoms with Crippen LogP contribution in [-0.4, -0.2) is 13.4 Å². The molecular weight excluding hydrogens is 477 g/mol. The Labute approximate surface area is 116 Å². The molecule has 0 bridgehead atoms. The fourth-order valence-electron chi connectivity index (χ4n) is 0.784. The van der Waals surface area contributed by atoms with Crippen LogP contribution in [0.3, 0.4) is 0 Å². The van der Waals surface area contributed by atoms with Gasteiger partial charge in [-0.25, -0.2) is 22.2 Å². The molecule has 1 rings (SSSR count). The van der Waals surface area contributed by atoms with Crippen molar-refractivity contribution in [3.63, 3.8) is 0 Å². The summed E-state index contributed by atoms with van der Waals surface area (Å²) in [6, 6.07) is 0. The van der Waals surface area contributed by atoms with Crippen molar-refractivity contribution in [3.05, 3.63) is 18.9 Å². The number of aromatic nitrogens is 1. The van der Waals surface area contributed by atoms with Crippen LogP contribution in [0.4, 0.5) is 8.78 Å². The van der Waals surface area contributed by atoms with Crippen molar-refractivity contribution < 1.29 is 17.2 Å². The number of halogens is 5. The first-order valence-corrected chi connectivity index (χ1v) is 7.78. The van der Waals surface area contributed by atoms with Crippen LogP contribution in [0.1, 0.15) is 12.0 Å². The number of rotatable bonds is 2. The molecule has 1 aromatic rings. The number of pyridine rings is 1. The summed E-state index contributed by atoms with van der Waals surface area (Å²) >= 11 is 3.26. The van der Waals surface area contributed by atoms with E-state index >= 15 is 0 Å². The van der Waals surface area contributed by atoms with Gasteiger partial charge < -0.3 is 0 Å². The van der Waals surface area contributed by atoms with E-state index in [-0.39, 0.29) is 12.7 Å². The molecule has 0 aliphatic heterocycles. The monoisotopic (exact) mass is 479 g/mol. The second-order valence-corrected chi connectivity index (χ2v) is 7.02. The van der Waals surface area contributed by atoms with Crippen LogP contribution in [-0.2, 0) is 9.05 Å². The van der Waals surface area contributed by atoms with Crippen LogP contribution in [0.25, 0.3) is 0 Å². The highest BCUT2D eigenvalue weighted by Crippen LogP contribution is 2.31. The number of alkyl halides is 2. The SMILES string of the molecule is O=S(=O)(Cl)c1ncc(C(F)F)c(I)c1I. The van der Waals surface area contributed by atoms with Crippen molar-refractivity contribution >= 4 is 64.9 Å². The molecule has 0 aliphatic carbocycles. The first-order valence-electron chi connectivity index (χ1n) is 3.32. The molecule has 84 valence electrons. The average Bonchev–Trinajstić information content (AvgIpc) is 2.06. The molecule has 0 N–H and O–H groups in total. The highest BCUT2D eigenvalue weighted by atomic mass is 127. The van der Waals surface area contributed by atoms with Crippen LogP contribution < -0.4 is 0 Å². The van der Waals surface area contributed by atoms with Crippen LogP contribution in [0.2, 0.25) is 0 Å². The maximum Gasteiger partial charge on any atom is 0.279 e. The van der Waals surface area contributed by atoms with E-state index in [2.05, 4.69) is 4.98 Å². The molecule has 1 aromatic heterocycles. The van der Waals surface area contributed by atoms with Gasteiger partial charge >= 0.3 is 0 Å². The molecular formula is C6H2ClF2I2NO2S. The smallest absolute Gasteiger partial charge is 0.242 e. The Bertz CT molecular complexity index is 494. The van der Waals surface area contributed by atoms with Crippen molar-refractivity contribution in [2.45, 2.75) is 11.5 Å². The van der Waals surface area contributed by atoms with Crippen molar-refractivity contribution in [3.8, 4) is 0 Å². The molecule has 0 aromatic carbocycles. The van der Waals surface area contributed by atoms with Gasteiger partial charge in [0, 0.05) is 20.4 Å². The normalized spacial score (nSPS) is 12.1. The summed E-state index contributed by atoms with van der Waals surface area (Å²) < 4.78 is 47.1. The largest absolute Gasteiger partial charge is 0.279 e. The molecule has 0 radical (unpaired) electrons. The maximum atomic E-state index is 12.4. The van der Waals surface area contributed by atoms with Gasteiger partial charge in [-0.3, -0.25) is 0 Å². The van der Waals surface area contributed by atoms with Gasteiger partial charge in [-0.05, 0) is 45.2 Å². The highest BCUT2D eigenvalue weighted by molar-refractivity contribution is 14.1. The predicted molar refractivity (Wildman–Crippen MR) is 67.7 cm³/mol. The topological polar surface area (TPSA) is 47.0 Å². The van der Waals surface area contributed by atoms with Gasteiger partial charge in [-0.1, -0.05) is 0 Å². The van der Waals surface area contributed by atoms with E-state index in [0.29, 0.717) is 0 Å². The van der Waals surface area contributed by atoms with Crippen LogP contribution >= 0.6 is 55.9 Å². The van der Waals surface area contributed by atoms with Gasteiger partial charge in [-0.15, -0.1) is 0 Å². The quantitative estimate of drug-likeness (QED) is 0.484. The zero-order valence-electron chi connectivity index (χ0n) is 6.72. The third-order valence-corrected chi connectivity index (χ3v) is 6.24. The Kier molecular flexibility index (Phi) is 4.52. The maximum absolute atomic E-state index is 12.4. The summed E-state index contributed by atoms with van der Waals surface area (Å²) in [7, 11) is 1.09. The minimum Gasteiger partial charge on any atom is -0.242 e. The van der Waals surface area contributed by atoms with Crippen molar-refractivity contribution in [1.82, 2.24) is 4.98 Å². The number of hydrogen-bond acceptors (Lipinski definition) is 3. The molecule has 0 fully saturated rings. The fraction of sp³-hybridized carbons (Fsp3) is 0.167. The average molecular weight is 479 g/mol. The second-order valence-electron chi connectivity index (χ2n) is 2.39. The molecule has 1 heterocycles. The third-order valence-electron chi connectivity index (χ3n) is 1.42. The summed E-state index contributed by atoms with van der Waals surface area (Å²) in [5.74, 6) is 0. The molecule has 0 saturated carbocycles. The van der Waals surface area contributed by atoms with Gasteiger partial charge in [-0.2, -0.15) is 0 Å². The van der Waals surface area contributed by atoms with Gasteiger partial charge in [0.15, 0.2) is 5.03 Å². The lowest BCUT2D eigenvalue weighted by Crippen LogP contribution is -2.04. The van der Waals surface area contributed by atoms with Crippen LogP contribution in [0.5, 0.6) is 0 Å². The van der Waals surface area contributed by atoms with Crippen molar-refractivity contribution in [2.24, 2.45) is 0 Å². The van der Waals surface area contributed by atoms with E-state index in [1.165, 1.54) is 0 Å². The first-order chi connectivity index (χ1) is 6.75. The molecule has 0 saturated heterocycles. The highest BCUT2D eigenvalue weighted by Gasteiger charge is 2.23. The molecule has 9 heteroatoms. The lowest BCUT2D eigenvalue weighted by Gasteiger charge is -2.07. The van der Waals surface area contributed by atoms with Crippen LogP contribution in [0, 0.1) is 7.14 Å². The first kappa shape index (κ1) is 13.8. The third kappa shape index (κ3) is 3.09. The van der Waals surface area contributed by atoms with E-state index in [0.717, 1.165) is 6.20 Å². The molecule has 0 aliphatic rings. The standard InChI is InChI=1S/C6H2ClF2I2NO2S/c7-15(13,14)6-4(11)3(10)2(1-12-6)5(8)9/h1,5H. The van der Waals surface area contributed by atoms with Crippen molar-refractivity contribution in [2.75, 3.05) is 0 Å². The molecule has 0 spiro atoms. The van der Waals surface area contributed by atoms with Gasteiger partial charge in [0.2, 0.25) is 0 Å². The summed E-state index contributed by atoms with van der Waals surface area (Å²) in [6.45, 7) is 0. The van der Waals surface area contributed by atoms with Gasteiger partial charge in [0.25, 0.3) is 15.5 Å². The Morgan fingerprint density at radius 3 is 2.27 bits per heavy atom. The van der Waals surface area contributed by atoms with Crippen LogP contribution in [0.15, 0.2) is 11.2 Å². The molecule has 15 heavy (non-hydrogen) atoms. The molecule has 3 nitrogen and oxygen atoms in total. The Balaban J connectivity index is 3.48. The summed E-state index contributed by atoms with van der Waals surface area (Å²) in [5.41, 5.74) is -0.302. The molecule has 0 unspecified atom stereocenters. The Morgan fingerprint density at radius 1 is 1.33 bits per heavy atom. The lowest BCUT2D eigenvalue weighted by atomic mass is 10.3.